The maximum atomic E-state index is 13.8. The van der Waals surface area contributed by atoms with Gasteiger partial charge in [-0.3, -0.25) is 19.2 Å². The van der Waals surface area contributed by atoms with E-state index in [1.54, 1.807) is 20.8 Å². The van der Waals surface area contributed by atoms with Gasteiger partial charge in [-0.25, -0.2) is 0 Å². The summed E-state index contributed by atoms with van der Waals surface area (Å²) in [6.45, 7) is 5.61. The fourth-order valence-corrected chi connectivity index (χ4v) is 6.42. The third-order valence-electron chi connectivity index (χ3n) is 8.15. The SMILES string of the molecule is CC(C)(C)C(NC(=O)C(F)(F)Cl)C(=O)N1CC2C3C=CC(C3)C2C1C(=O)NC(C#N)CC1CCNC1=O. The second-order valence-electron chi connectivity index (χ2n) is 11.6. The number of nitrogens with one attached hydrogen (secondary N) is 3. The van der Waals surface area contributed by atoms with Crippen LogP contribution in [0.2, 0.25) is 0 Å². The first kappa shape index (κ1) is 27.3. The Morgan fingerprint density at radius 3 is 2.49 bits per heavy atom. The number of hydrogen-bond acceptors (Lipinski definition) is 5. The number of amides is 4. The van der Waals surface area contributed by atoms with Crippen LogP contribution in [0.4, 0.5) is 8.78 Å². The van der Waals surface area contributed by atoms with Gasteiger partial charge in [0, 0.05) is 19.0 Å². The molecule has 8 atom stereocenters. The molecule has 202 valence electrons. The number of fused-ring (bicyclic) bond motifs is 5. The topological polar surface area (TPSA) is 131 Å². The van der Waals surface area contributed by atoms with Crippen LogP contribution in [0.5, 0.6) is 0 Å². The molecule has 3 fully saturated rings. The van der Waals surface area contributed by atoms with Crippen LogP contribution in [0, 0.1) is 46.3 Å². The van der Waals surface area contributed by atoms with Gasteiger partial charge in [0.05, 0.1) is 6.07 Å². The van der Waals surface area contributed by atoms with Crippen molar-refractivity contribution in [3.8, 4) is 6.07 Å². The first-order valence-corrected chi connectivity index (χ1v) is 12.9. The standard InChI is InChI=1S/C25H32ClF2N5O4/c1-24(2,3)19(32-23(37)25(26,27)28)22(36)33-11-16-12-4-5-13(8-12)17(16)18(33)21(35)31-15(10-29)9-14-6-7-30-20(14)34/h4-5,12-19H,6-9,11H2,1-3H3,(H,30,34)(H,31,35)(H,32,37). The predicted molar refractivity (Wildman–Crippen MR) is 129 cm³/mol. The number of carbonyl (C=O) groups excluding carboxylic acids is 4. The molecule has 0 radical (unpaired) electrons. The molecule has 4 aliphatic rings. The lowest BCUT2D eigenvalue weighted by atomic mass is 9.81. The Morgan fingerprint density at radius 1 is 1.24 bits per heavy atom. The van der Waals surface area contributed by atoms with E-state index in [1.807, 2.05) is 12.1 Å². The van der Waals surface area contributed by atoms with Crippen molar-refractivity contribution in [1.29, 1.82) is 5.26 Å². The number of hydrogen-bond donors (Lipinski definition) is 3. The second kappa shape index (κ2) is 9.86. The molecular weight excluding hydrogens is 508 g/mol. The summed E-state index contributed by atoms with van der Waals surface area (Å²) in [7, 11) is 0. The monoisotopic (exact) mass is 539 g/mol. The van der Waals surface area contributed by atoms with Crippen molar-refractivity contribution in [3.05, 3.63) is 12.2 Å². The van der Waals surface area contributed by atoms with Crippen LogP contribution in [0.3, 0.4) is 0 Å². The van der Waals surface area contributed by atoms with E-state index in [2.05, 4.69) is 22.0 Å². The Labute approximate surface area is 219 Å². The van der Waals surface area contributed by atoms with Crippen molar-refractivity contribution in [2.24, 2.45) is 35.0 Å². The van der Waals surface area contributed by atoms with Crippen molar-refractivity contribution in [2.45, 2.75) is 63.5 Å². The molecule has 2 aliphatic heterocycles. The maximum absolute atomic E-state index is 13.8. The second-order valence-corrected chi connectivity index (χ2v) is 12.1. The van der Waals surface area contributed by atoms with Gasteiger partial charge in [-0.1, -0.05) is 32.9 Å². The molecule has 37 heavy (non-hydrogen) atoms. The summed E-state index contributed by atoms with van der Waals surface area (Å²) < 4.78 is 27.0. The zero-order valence-corrected chi connectivity index (χ0v) is 21.7. The predicted octanol–water partition coefficient (Wildman–Crippen LogP) is 1.53. The van der Waals surface area contributed by atoms with E-state index in [1.165, 1.54) is 4.90 Å². The highest BCUT2D eigenvalue weighted by Crippen LogP contribution is 2.54. The Kier molecular flexibility index (Phi) is 7.27. The number of alkyl halides is 3. The highest BCUT2D eigenvalue weighted by atomic mass is 35.5. The average Bonchev–Trinajstić information content (AvgIpc) is 3.57. The number of carbonyl (C=O) groups is 4. The lowest BCUT2D eigenvalue weighted by Gasteiger charge is -2.37. The smallest absolute Gasteiger partial charge is 0.356 e. The van der Waals surface area contributed by atoms with Gasteiger partial charge in [0.25, 0.3) is 0 Å². The Morgan fingerprint density at radius 2 is 1.92 bits per heavy atom. The zero-order valence-electron chi connectivity index (χ0n) is 21.0. The van der Waals surface area contributed by atoms with E-state index in [9.17, 15) is 33.2 Å². The third kappa shape index (κ3) is 5.31. The van der Waals surface area contributed by atoms with E-state index in [0.717, 1.165) is 6.42 Å². The summed E-state index contributed by atoms with van der Waals surface area (Å²) in [5.41, 5.74) is -0.962. The van der Waals surface area contributed by atoms with Crippen LogP contribution in [-0.2, 0) is 19.2 Å². The van der Waals surface area contributed by atoms with Crippen LogP contribution < -0.4 is 16.0 Å². The van der Waals surface area contributed by atoms with E-state index >= 15 is 0 Å². The number of rotatable bonds is 7. The molecular formula is C25H32ClF2N5O4. The Hall–Kier alpha value is -2.74. The van der Waals surface area contributed by atoms with E-state index in [0.29, 0.717) is 13.0 Å². The largest absolute Gasteiger partial charge is 0.399 e. The molecule has 0 aromatic rings. The van der Waals surface area contributed by atoms with Crippen LogP contribution >= 0.6 is 11.6 Å². The van der Waals surface area contributed by atoms with Crippen molar-refractivity contribution < 1.29 is 28.0 Å². The summed E-state index contributed by atoms with van der Waals surface area (Å²) in [6, 6.07) is -1.19. The van der Waals surface area contributed by atoms with Crippen LogP contribution in [0.1, 0.15) is 40.0 Å². The van der Waals surface area contributed by atoms with E-state index in [-0.39, 0.29) is 48.5 Å². The summed E-state index contributed by atoms with van der Waals surface area (Å²) in [5, 5.41) is 13.0. The molecule has 0 spiro atoms. The van der Waals surface area contributed by atoms with Crippen molar-refractivity contribution in [1.82, 2.24) is 20.9 Å². The minimum Gasteiger partial charge on any atom is -0.356 e. The first-order chi connectivity index (χ1) is 17.2. The molecule has 2 aliphatic carbocycles. The van der Waals surface area contributed by atoms with Crippen LogP contribution in [-0.4, -0.2) is 65.1 Å². The Bertz CT molecular complexity index is 1050. The van der Waals surface area contributed by atoms with E-state index in [4.69, 9.17) is 11.6 Å². The molecule has 3 N–H and O–H groups in total. The summed E-state index contributed by atoms with van der Waals surface area (Å²) >= 11 is 4.90. The summed E-state index contributed by atoms with van der Waals surface area (Å²) in [5.74, 6) is -3.45. The molecule has 4 rings (SSSR count). The lowest BCUT2D eigenvalue weighted by molar-refractivity contribution is -0.147. The maximum Gasteiger partial charge on any atom is 0.399 e. The zero-order chi connectivity index (χ0) is 27.3. The molecule has 1 saturated carbocycles. The number of likely N-dealkylation sites (tertiary alicyclic amines) is 1. The third-order valence-corrected chi connectivity index (χ3v) is 8.32. The average molecular weight is 540 g/mol. The normalized spacial score (nSPS) is 31.9. The molecule has 0 aromatic heterocycles. The van der Waals surface area contributed by atoms with Crippen molar-refractivity contribution in [3.63, 3.8) is 0 Å². The van der Waals surface area contributed by atoms with Gasteiger partial charge >= 0.3 is 11.3 Å². The summed E-state index contributed by atoms with van der Waals surface area (Å²) in [6.07, 6.45) is 5.71. The van der Waals surface area contributed by atoms with Crippen LogP contribution in [0.25, 0.3) is 0 Å². The summed E-state index contributed by atoms with van der Waals surface area (Å²) in [4.78, 5) is 52.8. The van der Waals surface area contributed by atoms with Gasteiger partial charge < -0.3 is 20.9 Å². The highest BCUT2D eigenvalue weighted by molar-refractivity contribution is 6.32. The van der Waals surface area contributed by atoms with Gasteiger partial charge in [-0.15, -0.1) is 0 Å². The lowest BCUT2D eigenvalue weighted by Crippen LogP contribution is -2.60. The number of nitrogens with zero attached hydrogens (tertiary/aromatic N) is 2. The van der Waals surface area contributed by atoms with Gasteiger partial charge in [0.2, 0.25) is 17.7 Å². The fourth-order valence-electron chi connectivity index (χ4n) is 6.36. The molecule has 12 heteroatoms. The highest BCUT2D eigenvalue weighted by Gasteiger charge is 2.59. The minimum atomic E-state index is -4.20. The first-order valence-electron chi connectivity index (χ1n) is 12.6. The minimum absolute atomic E-state index is 0.00151. The number of halogens is 3. The van der Waals surface area contributed by atoms with Crippen molar-refractivity contribution >= 4 is 35.2 Å². The van der Waals surface area contributed by atoms with Gasteiger partial charge in [-0.2, -0.15) is 14.0 Å². The number of allylic oxidation sites excluding steroid dienone is 2. The van der Waals surface area contributed by atoms with Gasteiger partial charge in [-0.05, 0) is 60.0 Å². The quantitative estimate of drug-likeness (QED) is 0.333. The van der Waals surface area contributed by atoms with Gasteiger partial charge in [0.15, 0.2) is 0 Å². The number of nitriles is 1. The van der Waals surface area contributed by atoms with E-state index < -0.39 is 46.6 Å². The molecule has 9 nitrogen and oxygen atoms in total. The molecule has 2 heterocycles. The van der Waals surface area contributed by atoms with Gasteiger partial charge in [0.1, 0.15) is 18.1 Å². The fraction of sp³-hybridized carbons (Fsp3) is 0.720. The molecule has 4 amide bonds. The van der Waals surface area contributed by atoms with Crippen molar-refractivity contribution in [2.75, 3.05) is 13.1 Å². The Balaban J connectivity index is 1.58. The molecule has 8 unspecified atom stereocenters. The molecule has 2 saturated heterocycles. The molecule has 0 aromatic carbocycles. The van der Waals surface area contributed by atoms with Crippen LogP contribution in [0.15, 0.2) is 12.2 Å². The molecule has 2 bridgehead atoms.